The van der Waals surface area contributed by atoms with Crippen LogP contribution in [0.15, 0.2) is 60.8 Å². The lowest BCUT2D eigenvalue weighted by Crippen LogP contribution is -2.38. The average Bonchev–Trinajstić information content (AvgIpc) is 2.80. The maximum atomic E-state index is 12.5. The first-order chi connectivity index (χ1) is 15.1. The molecule has 0 radical (unpaired) electrons. The van der Waals surface area contributed by atoms with Crippen molar-refractivity contribution in [3.8, 4) is 0 Å². The lowest BCUT2D eigenvalue weighted by atomic mass is 9.89. The van der Waals surface area contributed by atoms with Crippen LogP contribution in [-0.2, 0) is 12.8 Å². The van der Waals surface area contributed by atoms with E-state index in [0.717, 1.165) is 23.2 Å². The molecule has 162 valence electrons. The van der Waals surface area contributed by atoms with Crippen molar-refractivity contribution in [1.29, 1.82) is 0 Å². The fourth-order valence-electron chi connectivity index (χ4n) is 4.49. The number of benzene rings is 2. The molecule has 0 spiro atoms. The Balaban J connectivity index is 1.23. The number of nitrogens with one attached hydrogen (secondary N) is 1. The van der Waals surface area contributed by atoms with Gasteiger partial charge in [-0.1, -0.05) is 30.3 Å². The largest absolute Gasteiger partial charge is 0.352 e. The van der Waals surface area contributed by atoms with Crippen molar-refractivity contribution in [3.63, 3.8) is 0 Å². The second-order valence-corrected chi connectivity index (χ2v) is 9.01. The third-order valence-corrected chi connectivity index (χ3v) is 6.49. The predicted octanol–water partition coefficient (Wildman–Crippen LogP) is 4.87. The van der Waals surface area contributed by atoms with E-state index in [0.29, 0.717) is 18.2 Å². The van der Waals surface area contributed by atoms with E-state index >= 15 is 0 Å². The third-order valence-electron chi connectivity index (χ3n) is 6.49. The normalized spacial score (nSPS) is 15.5. The number of piperidine rings is 1. The monoisotopic (exact) mass is 415 g/mol. The number of amides is 1. The number of rotatable bonds is 7. The zero-order valence-corrected chi connectivity index (χ0v) is 18.7. The van der Waals surface area contributed by atoms with Crippen molar-refractivity contribution < 1.29 is 4.79 Å². The molecule has 4 rings (SSSR count). The van der Waals surface area contributed by atoms with Crippen molar-refractivity contribution in [1.82, 2.24) is 15.2 Å². The fourth-order valence-corrected chi connectivity index (χ4v) is 4.49. The number of likely N-dealkylation sites (tertiary alicyclic amines) is 1. The second-order valence-electron chi connectivity index (χ2n) is 9.01. The molecule has 0 atom stereocenters. The van der Waals surface area contributed by atoms with E-state index in [1.54, 1.807) is 6.20 Å². The van der Waals surface area contributed by atoms with Gasteiger partial charge in [-0.2, -0.15) is 0 Å². The van der Waals surface area contributed by atoms with Gasteiger partial charge in [0, 0.05) is 29.7 Å². The maximum absolute atomic E-state index is 12.5. The van der Waals surface area contributed by atoms with Crippen molar-refractivity contribution in [2.24, 2.45) is 5.92 Å². The highest BCUT2D eigenvalue weighted by molar-refractivity contribution is 5.97. The average molecular weight is 416 g/mol. The van der Waals surface area contributed by atoms with Crippen molar-refractivity contribution in [2.75, 3.05) is 19.6 Å². The molecule has 0 unspecified atom stereocenters. The molecular weight excluding hydrogens is 382 g/mol. The van der Waals surface area contributed by atoms with Gasteiger partial charge in [-0.25, -0.2) is 0 Å². The molecule has 1 saturated heterocycles. The smallest absolute Gasteiger partial charge is 0.251 e. The molecule has 4 nitrogen and oxygen atoms in total. The van der Waals surface area contributed by atoms with E-state index in [9.17, 15) is 4.79 Å². The van der Waals surface area contributed by atoms with Crippen LogP contribution in [0.1, 0.15) is 48.2 Å². The summed E-state index contributed by atoms with van der Waals surface area (Å²) in [6.07, 6.45) is 6.39. The van der Waals surface area contributed by atoms with Gasteiger partial charge >= 0.3 is 0 Å². The SMILES string of the molecule is CC(C)N1CCC(Cc2ccc(CCNC(=O)c3ccc4ncccc4c3)cc2)CC1. The van der Waals surface area contributed by atoms with Gasteiger partial charge in [0.05, 0.1) is 5.52 Å². The maximum Gasteiger partial charge on any atom is 0.251 e. The van der Waals surface area contributed by atoms with E-state index < -0.39 is 0 Å². The Labute approximate surface area is 185 Å². The second kappa shape index (κ2) is 10.1. The summed E-state index contributed by atoms with van der Waals surface area (Å²) in [5, 5.41) is 4.03. The highest BCUT2D eigenvalue weighted by Gasteiger charge is 2.20. The molecule has 3 aromatic rings. The molecule has 0 saturated carbocycles. The number of hydrogen-bond acceptors (Lipinski definition) is 3. The van der Waals surface area contributed by atoms with E-state index in [-0.39, 0.29) is 5.91 Å². The number of aromatic nitrogens is 1. The van der Waals surface area contributed by atoms with Gasteiger partial charge in [-0.3, -0.25) is 9.78 Å². The Kier molecular flexibility index (Phi) is 6.98. The molecular formula is C27H33N3O. The Hall–Kier alpha value is -2.72. The number of nitrogens with zero attached hydrogens (tertiary/aromatic N) is 2. The minimum atomic E-state index is -0.0323. The first-order valence-electron chi connectivity index (χ1n) is 11.5. The van der Waals surface area contributed by atoms with Gasteiger partial charge in [0.2, 0.25) is 0 Å². The van der Waals surface area contributed by atoms with E-state index in [2.05, 4.69) is 53.3 Å². The highest BCUT2D eigenvalue weighted by atomic mass is 16.1. The van der Waals surface area contributed by atoms with Gasteiger partial charge in [0.15, 0.2) is 0 Å². The molecule has 0 bridgehead atoms. The lowest BCUT2D eigenvalue weighted by Gasteiger charge is -2.34. The molecule has 4 heteroatoms. The van der Waals surface area contributed by atoms with Gasteiger partial charge in [0.1, 0.15) is 0 Å². The number of carbonyl (C=O) groups excluding carboxylic acids is 1. The Morgan fingerprint density at radius 1 is 1.06 bits per heavy atom. The third kappa shape index (κ3) is 5.71. The summed E-state index contributed by atoms with van der Waals surface area (Å²) in [5.74, 6) is 0.771. The van der Waals surface area contributed by atoms with Crippen LogP contribution in [0.2, 0.25) is 0 Å². The first-order valence-corrected chi connectivity index (χ1v) is 11.5. The molecule has 2 aromatic carbocycles. The standard InChI is InChI=1S/C27H33N3O/c1-20(2)30-16-12-23(13-17-30)18-22-7-5-21(6-8-22)11-15-29-27(31)25-9-10-26-24(19-25)4-3-14-28-26/h3-10,14,19-20,23H,11-13,15-18H2,1-2H3,(H,29,31). The first kappa shape index (κ1) is 21.5. The quantitative estimate of drug-likeness (QED) is 0.599. The molecule has 1 fully saturated rings. The van der Waals surface area contributed by atoms with Crippen molar-refractivity contribution in [2.45, 2.75) is 45.6 Å². The predicted molar refractivity (Wildman–Crippen MR) is 127 cm³/mol. The minimum Gasteiger partial charge on any atom is -0.352 e. The molecule has 2 heterocycles. The van der Waals surface area contributed by atoms with Crippen LogP contribution in [0, 0.1) is 5.92 Å². The summed E-state index contributed by atoms with van der Waals surface area (Å²) < 4.78 is 0. The number of fused-ring (bicyclic) bond motifs is 1. The molecule has 0 aliphatic carbocycles. The Morgan fingerprint density at radius 2 is 1.81 bits per heavy atom. The molecule has 1 N–H and O–H groups in total. The fraction of sp³-hybridized carbons (Fsp3) is 0.407. The van der Waals surface area contributed by atoms with Gasteiger partial charge in [-0.05, 0) is 93.9 Å². The minimum absolute atomic E-state index is 0.0323. The van der Waals surface area contributed by atoms with Crippen LogP contribution in [0.5, 0.6) is 0 Å². The lowest BCUT2D eigenvalue weighted by molar-refractivity contribution is 0.0954. The number of pyridine rings is 1. The summed E-state index contributed by atoms with van der Waals surface area (Å²) >= 11 is 0. The van der Waals surface area contributed by atoms with E-state index in [4.69, 9.17) is 0 Å². The molecule has 1 aliphatic heterocycles. The molecule has 1 aromatic heterocycles. The van der Waals surface area contributed by atoms with Crippen LogP contribution in [0.25, 0.3) is 10.9 Å². The van der Waals surface area contributed by atoms with E-state index in [1.807, 2.05) is 30.3 Å². The van der Waals surface area contributed by atoms with Crippen LogP contribution in [-0.4, -0.2) is 41.5 Å². The van der Waals surface area contributed by atoms with Gasteiger partial charge in [-0.15, -0.1) is 0 Å². The van der Waals surface area contributed by atoms with Crippen LogP contribution in [0.4, 0.5) is 0 Å². The molecule has 1 aliphatic rings. The topological polar surface area (TPSA) is 45.2 Å². The Bertz CT molecular complexity index is 1000. The highest BCUT2D eigenvalue weighted by Crippen LogP contribution is 2.23. The van der Waals surface area contributed by atoms with E-state index in [1.165, 1.54) is 43.5 Å². The van der Waals surface area contributed by atoms with Crippen molar-refractivity contribution >= 4 is 16.8 Å². The van der Waals surface area contributed by atoms with Crippen LogP contribution < -0.4 is 5.32 Å². The zero-order valence-electron chi connectivity index (χ0n) is 18.7. The summed E-state index contributed by atoms with van der Waals surface area (Å²) in [6, 6.07) is 19.1. The van der Waals surface area contributed by atoms with Gasteiger partial charge in [0.25, 0.3) is 5.91 Å². The number of hydrogen-bond donors (Lipinski definition) is 1. The number of carbonyl (C=O) groups is 1. The Morgan fingerprint density at radius 3 is 2.55 bits per heavy atom. The summed E-state index contributed by atoms with van der Waals surface area (Å²) in [4.78, 5) is 19.4. The summed E-state index contributed by atoms with van der Waals surface area (Å²) in [5.41, 5.74) is 4.28. The zero-order chi connectivity index (χ0) is 21.6. The molecule has 1 amide bonds. The van der Waals surface area contributed by atoms with Crippen molar-refractivity contribution in [3.05, 3.63) is 77.5 Å². The summed E-state index contributed by atoms with van der Waals surface area (Å²) in [7, 11) is 0. The van der Waals surface area contributed by atoms with Crippen LogP contribution >= 0.6 is 0 Å². The summed E-state index contributed by atoms with van der Waals surface area (Å²) in [6.45, 7) is 7.68. The van der Waals surface area contributed by atoms with Crippen LogP contribution in [0.3, 0.4) is 0 Å². The van der Waals surface area contributed by atoms with Gasteiger partial charge < -0.3 is 10.2 Å². The molecule has 31 heavy (non-hydrogen) atoms.